The first-order valence-electron chi connectivity index (χ1n) is 12.6. The van der Waals surface area contributed by atoms with Crippen LogP contribution in [0.4, 0.5) is 8.78 Å². The van der Waals surface area contributed by atoms with E-state index in [1.165, 1.54) is 11.6 Å². The number of nitrogens with zero attached hydrogens (tertiary/aromatic N) is 1. The van der Waals surface area contributed by atoms with Crippen LogP contribution >= 0.6 is 0 Å². The van der Waals surface area contributed by atoms with Crippen LogP contribution in [0.25, 0.3) is 0 Å². The lowest BCUT2D eigenvalue weighted by Crippen LogP contribution is -2.46. The van der Waals surface area contributed by atoms with Crippen molar-refractivity contribution in [2.45, 2.75) is 51.0 Å². The van der Waals surface area contributed by atoms with Crippen LogP contribution in [0.2, 0.25) is 0 Å². The summed E-state index contributed by atoms with van der Waals surface area (Å²) >= 11 is 0. The maximum atomic E-state index is 13.7. The number of pyridine rings is 1. The highest BCUT2D eigenvalue weighted by Gasteiger charge is 2.37. The minimum absolute atomic E-state index is 0.231. The highest BCUT2D eigenvalue weighted by atomic mass is 19.3. The van der Waals surface area contributed by atoms with E-state index in [4.69, 9.17) is 4.98 Å². The van der Waals surface area contributed by atoms with Gasteiger partial charge in [0.15, 0.2) is 0 Å². The molecule has 192 valence electrons. The number of benzene rings is 2. The zero-order valence-electron chi connectivity index (χ0n) is 21.8. The van der Waals surface area contributed by atoms with Gasteiger partial charge in [0.05, 0.1) is 5.69 Å². The van der Waals surface area contributed by atoms with Crippen molar-refractivity contribution in [2.75, 3.05) is 0 Å². The van der Waals surface area contributed by atoms with E-state index in [0.717, 1.165) is 42.3 Å². The molecule has 0 amide bonds. The number of rotatable bonds is 13. The Morgan fingerprint density at radius 1 is 0.919 bits per heavy atom. The van der Waals surface area contributed by atoms with Crippen LogP contribution in [0.5, 0.6) is 0 Å². The van der Waals surface area contributed by atoms with Gasteiger partial charge in [0.2, 0.25) is 0 Å². The normalized spacial score (nSPS) is 13.8. The predicted molar refractivity (Wildman–Crippen MR) is 150 cm³/mol. The van der Waals surface area contributed by atoms with Crippen LogP contribution in [-0.2, 0) is 18.4 Å². The monoisotopic (exact) mass is 498 g/mol. The average Bonchev–Trinajstić information content (AvgIpc) is 2.90. The summed E-state index contributed by atoms with van der Waals surface area (Å²) in [5.41, 5.74) is 4.17. The number of alkyl halides is 2. The van der Waals surface area contributed by atoms with E-state index in [1.54, 1.807) is 12.3 Å². The van der Waals surface area contributed by atoms with Crippen LogP contribution in [0.1, 0.15) is 43.5 Å². The molecule has 1 unspecified atom stereocenters. The Bertz CT molecular complexity index is 1210. The average molecular weight is 499 g/mol. The standard InChI is InChI=1S/C33H36F2N2/c1-5-30(20-14-15-26(2)32(4,34)35)33(31-21-12-13-24-36-31,25-29-18-10-7-11-19-29)37-27(3)22-23-28-16-8-6-9-17-28/h6-21,24,37H,2-3,5,22-23,25H2,1,4H3/b15-14-,30-20+. The summed E-state index contributed by atoms with van der Waals surface area (Å²) in [7, 11) is 0. The summed E-state index contributed by atoms with van der Waals surface area (Å²) in [6, 6.07) is 26.4. The van der Waals surface area contributed by atoms with Crippen molar-refractivity contribution < 1.29 is 8.78 Å². The molecule has 0 fully saturated rings. The number of allylic oxidation sites excluding steroid dienone is 5. The summed E-state index contributed by atoms with van der Waals surface area (Å²) in [5, 5.41) is 3.76. The number of aryl methyl sites for hydroxylation is 1. The molecule has 0 aliphatic rings. The Labute approximate surface area is 220 Å². The van der Waals surface area contributed by atoms with Crippen molar-refractivity contribution in [1.29, 1.82) is 0 Å². The molecule has 3 aromatic rings. The molecule has 2 aromatic carbocycles. The predicted octanol–water partition coefficient (Wildman–Crippen LogP) is 8.36. The van der Waals surface area contributed by atoms with Crippen LogP contribution in [0.3, 0.4) is 0 Å². The van der Waals surface area contributed by atoms with E-state index in [2.05, 4.69) is 49.7 Å². The van der Waals surface area contributed by atoms with Gasteiger partial charge in [-0.1, -0.05) is 105 Å². The molecule has 0 saturated carbocycles. The van der Waals surface area contributed by atoms with Gasteiger partial charge >= 0.3 is 0 Å². The molecular weight excluding hydrogens is 462 g/mol. The first-order valence-corrected chi connectivity index (χ1v) is 12.6. The van der Waals surface area contributed by atoms with E-state index in [0.29, 0.717) is 12.8 Å². The first-order chi connectivity index (χ1) is 17.7. The van der Waals surface area contributed by atoms with Gasteiger partial charge in [-0.2, -0.15) is 0 Å². The third-order valence-electron chi connectivity index (χ3n) is 6.45. The van der Waals surface area contributed by atoms with E-state index in [1.807, 2.05) is 60.7 Å². The van der Waals surface area contributed by atoms with Gasteiger partial charge < -0.3 is 5.32 Å². The number of hydrogen-bond donors (Lipinski definition) is 1. The summed E-state index contributed by atoms with van der Waals surface area (Å²) < 4.78 is 27.4. The van der Waals surface area contributed by atoms with Crippen LogP contribution in [0, 0.1) is 0 Å². The molecule has 37 heavy (non-hydrogen) atoms. The molecule has 1 heterocycles. The molecule has 0 saturated heterocycles. The molecule has 0 radical (unpaired) electrons. The van der Waals surface area contributed by atoms with Crippen molar-refractivity contribution in [3.8, 4) is 0 Å². The molecule has 3 rings (SSSR count). The maximum absolute atomic E-state index is 13.7. The zero-order valence-corrected chi connectivity index (χ0v) is 21.8. The minimum atomic E-state index is -2.97. The second-order valence-corrected chi connectivity index (χ2v) is 9.32. The summed E-state index contributed by atoms with van der Waals surface area (Å²) in [6.45, 7) is 10.8. The molecule has 2 nitrogen and oxygen atoms in total. The third kappa shape index (κ3) is 7.85. The quantitative estimate of drug-likeness (QED) is 0.240. The lowest BCUT2D eigenvalue weighted by Gasteiger charge is -2.39. The fraction of sp³-hybridized carbons (Fsp3) is 0.242. The molecule has 1 N–H and O–H groups in total. The van der Waals surface area contributed by atoms with Crippen LogP contribution in [-0.4, -0.2) is 10.9 Å². The fourth-order valence-corrected chi connectivity index (χ4v) is 4.37. The van der Waals surface area contributed by atoms with Gasteiger partial charge in [-0.25, -0.2) is 8.78 Å². The van der Waals surface area contributed by atoms with E-state index >= 15 is 0 Å². The first kappa shape index (κ1) is 27.8. The molecule has 4 heteroatoms. The van der Waals surface area contributed by atoms with Gasteiger partial charge in [-0.05, 0) is 48.1 Å². The molecular formula is C33H36F2N2. The lowest BCUT2D eigenvalue weighted by molar-refractivity contribution is 0.0680. The Balaban J connectivity index is 2.05. The second-order valence-electron chi connectivity index (χ2n) is 9.32. The van der Waals surface area contributed by atoms with Crippen molar-refractivity contribution in [3.05, 3.63) is 150 Å². The van der Waals surface area contributed by atoms with Crippen molar-refractivity contribution in [2.24, 2.45) is 0 Å². The number of hydrogen-bond acceptors (Lipinski definition) is 2. The van der Waals surface area contributed by atoms with Gasteiger partial charge in [0.25, 0.3) is 5.92 Å². The number of aromatic nitrogens is 1. The van der Waals surface area contributed by atoms with E-state index < -0.39 is 11.5 Å². The topological polar surface area (TPSA) is 24.9 Å². The highest BCUT2D eigenvalue weighted by molar-refractivity contribution is 5.39. The van der Waals surface area contributed by atoms with E-state index in [-0.39, 0.29) is 5.57 Å². The Morgan fingerprint density at radius 3 is 2.11 bits per heavy atom. The summed E-state index contributed by atoms with van der Waals surface area (Å²) in [5.74, 6) is -2.97. The fourth-order valence-electron chi connectivity index (χ4n) is 4.37. The molecule has 1 aromatic heterocycles. The Hall–Kier alpha value is -3.79. The van der Waals surface area contributed by atoms with Crippen molar-refractivity contribution in [3.63, 3.8) is 0 Å². The SMILES string of the molecule is C=C(CCc1ccccc1)NC(Cc1ccccc1)(/C(=C/C=C\C(=C)C(C)(F)F)CC)c1ccccn1. The second kappa shape index (κ2) is 13.0. The maximum Gasteiger partial charge on any atom is 0.269 e. The molecule has 0 aliphatic carbocycles. The third-order valence-corrected chi connectivity index (χ3v) is 6.45. The van der Waals surface area contributed by atoms with Crippen LogP contribution in [0.15, 0.2) is 133 Å². The number of nitrogens with one attached hydrogen (secondary N) is 1. The van der Waals surface area contributed by atoms with Crippen molar-refractivity contribution in [1.82, 2.24) is 10.3 Å². The van der Waals surface area contributed by atoms with Gasteiger partial charge in [0.1, 0.15) is 5.54 Å². The summed E-state index contributed by atoms with van der Waals surface area (Å²) in [4.78, 5) is 4.76. The smallest absolute Gasteiger partial charge is 0.269 e. The largest absolute Gasteiger partial charge is 0.374 e. The van der Waals surface area contributed by atoms with Gasteiger partial charge in [-0.15, -0.1) is 0 Å². The Morgan fingerprint density at radius 2 is 1.54 bits per heavy atom. The van der Waals surface area contributed by atoms with E-state index in [9.17, 15) is 8.78 Å². The van der Waals surface area contributed by atoms with Gasteiger partial charge in [0, 0.05) is 30.8 Å². The number of halogens is 2. The zero-order chi connectivity index (χ0) is 26.7. The van der Waals surface area contributed by atoms with Crippen molar-refractivity contribution >= 4 is 0 Å². The summed E-state index contributed by atoms with van der Waals surface area (Å²) in [6.07, 6.45) is 9.64. The minimum Gasteiger partial charge on any atom is -0.374 e. The molecule has 1 atom stereocenters. The molecule has 0 bridgehead atoms. The van der Waals surface area contributed by atoms with Crippen LogP contribution < -0.4 is 5.32 Å². The van der Waals surface area contributed by atoms with Gasteiger partial charge in [-0.3, -0.25) is 4.98 Å². The Kier molecular flexibility index (Phi) is 9.73. The highest BCUT2D eigenvalue weighted by Crippen LogP contribution is 2.36. The lowest BCUT2D eigenvalue weighted by atomic mass is 9.78. The molecule has 0 aliphatic heterocycles. The molecule has 0 spiro atoms.